The number of aromatic hydroxyl groups is 1. The Labute approximate surface area is 127 Å². The first kappa shape index (κ1) is 13.9. The number of aromatic nitrogens is 2. The minimum atomic E-state index is -0.259. The van der Waals surface area contributed by atoms with Crippen molar-refractivity contribution in [1.82, 2.24) is 9.78 Å². The zero-order valence-corrected chi connectivity index (χ0v) is 11.8. The fourth-order valence-electron chi connectivity index (χ4n) is 2.12. The van der Waals surface area contributed by atoms with Gasteiger partial charge in [-0.25, -0.2) is 0 Å². The Kier molecular flexibility index (Phi) is 3.87. The number of nitrogens with zero attached hydrogens (tertiary/aromatic N) is 2. The van der Waals surface area contributed by atoms with Crippen LogP contribution in [0.5, 0.6) is 5.75 Å². The standard InChI is InChI=1S/C17H15N3O2/c21-16-8-4-7-15(9-16)19-17(22)14-10-18-20(12-14)11-13-5-2-1-3-6-13/h1-10,12,21H,11H2,(H,19,22). The van der Waals surface area contributed by atoms with Gasteiger partial charge >= 0.3 is 0 Å². The smallest absolute Gasteiger partial charge is 0.258 e. The molecule has 3 aromatic rings. The third-order valence-electron chi connectivity index (χ3n) is 3.19. The van der Waals surface area contributed by atoms with Crippen LogP contribution >= 0.6 is 0 Å². The van der Waals surface area contributed by atoms with Crippen molar-refractivity contribution < 1.29 is 9.90 Å². The van der Waals surface area contributed by atoms with Crippen LogP contribution in [0.4, 0.5) is 5.69 Å². The Morgan fingerprint density at radius 3 is 2.73 bits per heavy atom. The van der Waals surface area contributed by atoms with E-state index in [4.69, 9.17) is 0 Å². The number of benzene rings is 2. The lowest BCUT2D eigenvalue weighted by Crippen LogP contribution is -2.11. The largest absolute Gasteiger partial charge is 0.508 e. The molecule has 3 rings (SSSR count). The maximum atomic E-state index is 12.1. The molecule has 1 amide bonds. The van der Waals surface area contributed by atoms with Crippen molar-refractivity contribution in [3.8, 4) is 5.75 Å². The molecular formula is C17H15N3O2. The molecule has 0 aliphatic heterocycles. The van der Waals surface area contributed by atoms with E-state index in [9.17, 15) is 9.90 Å². The first-order chi connectivity index (χ1) is 10.7. The zero-order valence-electron chi connectivity index (χ0n) is 11.8. The Hall–Kier alpha value is -3.08. The number of amides is 1. The quantitative estimate of drug-likeness (QED) is 0.777. The van der Waals surface area contributed by atoms with Gasteiger partial charge in [-0.1, -0.05) is 36.4 Å². The normalized spacial score (nSPS) is 10.4. The molecule has 5 heteroatoms. The number of hydrogen-bond donors (Lipinski definition) is 2. The van der Waals surface area contributed by atoms with E-state index in [-0.39, 0.29) is 11.7 Å². The van der Waals surface area contributed by atoms with Crippen LogP contribution in [-0.4, -0.2) is 20.8 Å². The van der Waals surface area contributed by atoms with Gasteiger partial charge in [0.05, 0.1) is 18.3 Å². The lowest BCUT2D eigenvalue weighted by atomic mass is 10.2. The highest BCUT2D eigenvalue weighted by atomic mass is 16.3. The highest BCUT2D eigenvalue weighted by Crippen LogP contribution is 2.16. The van der Waals surface area contributed by atoms with E-state index in [0.29, 0.717) is 17.8 Å². The molecule has 2 N–H and O–H groups in total. The van der Waals surface area contributed by atoms with Crippen molar-refractivity contribution in [3.63, 3.8) is 0 Å². The fourth-order valence-corrected chi connectivity index (χ4v) is 2.12. The van der Waals surface area contributed by atoms with Crippen molar-refractivity contribution in [2.75, 3.05) is 5.32 Å². The van der Waals surface area contributed by atoms with Crippen LogP contribution in [0.2, 0.25) is 0 Å². The molecule has 5 nitrogen and oxygen atoms in total. The van der Waals surface area contributed by atoms with Gasteiger partial charge in [0.25, 0.3) is 5.91 Å². The molecule has 22 heavy (non-hydrogen) atoms. The second kappa shape index (κ2) is 6.13. The van der Waals surface area contributed by atoms with Crippen LogP contribution < -0.4 is 5.32 Å². The Morgan fingerprint density at radius 1 is 1.14 bits per heavy atom. The van der Waals surface area contributed by atoms with Gasteiger partial charge < -0.3 is 10.4 Å². The molecule has 1 heterocycles. The van der Waals surface area contributed by atoms with Crippen LogP contribution in [0.15, 0.2) is 67.0 Å². The Bertz CT molecular complexity index is 781. The first-order valence-electron chi connectivity index (χ1n) is 6.87. The van der Waals surface area contributed by atoms with Crippen LogP contribution in [0.25, 0.3) is 0 Å². The minimum Gasteiger partial charge on any atom is -0.508 e. The van der Waals surface area contributed by atoms with Gasteiger partial charge in [-0.05, 0) is 17.7 Å². The monoisotopic (exact) mass is 293 g/mol. The van der Waals surface area contributed by atoms with Gasteiger partial charge in [0.2, 0.25) is 0 Å². The molecule has 0 saturated carbocycles. The van der Waals surface area contributed by atoms with E-state index in [0.717, 1.165) is 5.56 Å². The molecule has 1 aromatic heterocycles. The Morgan fingerprint density at radius 2 is 1.95 bits per heavy atom. The molecule has 0 fully saturated rings. The van der Waals surface area contributed by atoms with Crippen LogP contribution in [0, 0.1) is 0 Å². The maximum Gasteiger partial charge on any atom is 0.258 e. The molecule has 0 spiro atoms. The molecule has 0 radical (unpaired) electrons. The van der Waals surface area contributed by atoms with E-state index >= 15 is 0 Å². The maximum absolute atomic E-state index is 12.1. The minimum absolute atomic E-state index is 0.109. The van der Waals surface area contributed by atoms with E-state index in [1.807, 2.05) is 30.3 Å². The van der Waals surface area contributed by atoms with E-state index in [1.54, 1.807) is 29.1 Å². The molecule has 2 aromatic carbocycles. The highest BCUT2D eigenvalue weighted by molar-refractivity contribution is 6.04. The average molecular weight is 293 g/mol. The van der Waals surface area contributed by atoms with E-state index in [1.165, 1.54) is 12.3 Å². The molecule has 0 atom stereocenters. The average Bonchev–Trinajstić information content (AvgIpc) is 2.97. The SMILES string of the molecule is O=C(Nc1cccc(O)c1)c1cnn(Cc2ccccc2)c1. The summed E-state index contributed by atoms with van der Waals surface area (Å²) in [5, 5.41) is 16.3. The number of nitrogens with one attached hydrogen (secondary N) is 1. The third kappa shape index (κ3) is 3.32. The molecule has 0 aliphatic rings. The second-order valence-corrected chi connectivity index (χ2v) is 4.92. The first-order valence-corrected chi connectivity index (χ1v) is 6.87. The summed E-state index contributed by atoms with van der Waals surface area (Å²) in [5.41, 5.74) is 2.13. The lowest BCUT2D eigenvalue weighted by molar-refractivity contribution is 0.102. The van der Waals surface area contributed by atoms with Crippen LogP contribution in [0.1, 0.15) is 15.9 Å². The van der Waals surface area contributed by atoms with Crippen LogP contribution in [0.3, 0.4) is 0 Å². The summed E-state index contributed by atoms with van der Waals surface area (Å²) < 4.78 is 1.71. The number of carbonyl (C=O) groups excluding carboxylic acids is 1. The highest BCUT2D eigenvalue weighted by Gasteiger charge is 2.09. The number of phenols is 1. The van der Waals surface area contributed by atoms with Crippen LogP contribution in [-0.2, 0) is 6.54 Å². The number of rotatable bonds is 4. The summed E-state index contributed by atoms with van der Waals surface area (Å²) in [7, 11) is 0. The molecular weight excluding hydrogens is 278 g/mol. The van der Waals surface area contributed by atoms with Crippen molar-refractivity contribution in [1.29, 1.82) is 0 Å². The summed E-state index contributed by atoms with van der Waals surface area (Å²) in [5.74, 6) is -0.150. The topological polar surface area (TPSA) is 67.2 Å². The zero-order chi connectivity index (χ0) is 15.4. The number of anilines is 1. The lowest BCUT2D eigenvalue weighted by Gasteiger charge is -2.03. The van der Waals surface area contributed by atoms with Gasteiger partial charge in [-0.15, -0.1) is 0 Å². The summed E-state index contributed by atoms with van der Waals surface area (Å²) in [6, 6.07) is 16.3. The van der Waals surface area contributed by atoms with Gasteiger partial charge in [-0.3, -0.25) is 9.48 Å². The van der Waals surface area contributed by atoms with Gasteiger partial charge in [0.15, 0.2) is 0 Å². The van der Waals surface area contributed by atoms with Gasteiger partial charge in [-0.2, -0.15) is 5.10 Å². The predicted octanol–water partition coefficient (Wildman–Crippen LogP) is 2.89. The Balaban J connectivity index is 1.69. The molecule has 0 saturated heterocycles. The molecule has 0 aliphatic carbocycles. The number of phenolic OH excluding ortho intramolecular Hbond substituents is 1. The van der Waals surface area contributed by atoms with Crippen molar-refractivity contribution in [2.45, 2.75) is 6.54 Å². The van der Waals surface area contributed by atoms with E-state index in [2.05, 4.69) is 10.4 Å². The molecule has 0 bridgehead atoms. The summed E-state index contributed by atoms with van der Waals surface area (Å²) in [4.78, 5) is 12.1. The van der Waals surface area contributed by atoms with Gasteiger partial charge in [0, 0.05) is 18.0 Å². The number of carbonyl (C=O) groups is 1. The van der Waals surface area contributed by atoms with Crippen molar-refractivity contribution in [2.24, 2.45) is 0 Å². The van der Waals surface area contributed by atoms with Crippen molar-refractivity contribution >= 4 is 11.6 Å². The van der Waals surface area contributed by atoms with Gasteiger partial charge in [0.1, 0.15) is 5.75 Å². The molecule has 0 unspecified atom stereocenters. The predicted molar refractivity (Wildman–Crippen MR) is 83.8 cm³/mol. The van der Waals surface area contributed by atoms with Crippen molar-refractivity contribution in [3.05, 3.63) is 78.1 Å². The number of hydrogen-bond acceptors (Lipinski definition) is 3. The fraction of sp³-hybridized carbons (Fsp3) is 0.0588. The second-order valence-electron chi connectivity index (χ2n) is 4.92. The summed E-state index contributed by atoms with van der Waals surface area (Å²) >= 11 is 0. The summed E-state index contributed by atoms with van der Waals surface area (Å²) in [6.45, 7) is 0.611. The molecule has 110 valence electrons. The third-order valence-corrected chi connectivity index (χ3v) is 3.19. The van der Waals surface area contributed by atoms with E-state index < -0.39 is 0 Å². The summed E-state index contributed by atoms with van der Waals surface area (Å²) in [6.07, 6.45) is 3.23.